The van der Waals surface area contributed by atoms with Crippen LogP contribution in [-0.4, -0.2) is 46.3 Å². The van der Waals surface area contributed by atoms with E-state index in [0.717, 1.165) is 25.2 Å². The first-order chi connectivity index (χ1) is 9.85. The number of aromatic amines is 1. The number of rotatable bonds is 5. The monoisotopic (exact) mass is 332 g/mol. The summed E-state index contributed by atoms with van der Waals surface area (Å²) in [4.78, 5) is 0. The zero-order chi connectivity index (χ0) is 15.6. The molecule has 1 aliphatic heterocycles. The topological polar surface area (TPSA) is 71.0 Å². The average molecular weight is 332 g/mol. The van der Waals surface area contributed by atoms with Gasteiger partial charge in [0.15, 0.2) is 4.77 Å². The molecule has 0 radical (unpaired) electrons. The van der Waals surface area contributed by atoms with Crippen molar-refractivity contribution in [3.8, 4) is 0 Å². The number of H-pyrrole nitrogens is 1. The van der Waals surface area contributed by atoms with Crippen molar-refractivity contribution in [2.45, 2.75) is 46.1 Å². The van der Waals surface area contributed by atoms with Crippen LogP contribution in [0.3, 0.4) is 0 Å². The lowest BCUT2D eigenvalue weighted by atomic mass is 9.98. The Labute approximate surface area is 131 Å². The second-order valence-electron chi connectivity index (χ2n) is 5.99. The summed E-state index contributed by atoms with van der Waals surface area (Å²) in [6.07, 6.45) is 1.82. The first-order valence-electron chi connectivity index (χ1n) is 7.48. The van der Waals surface area contributed by atoms with Crippen LogP contribution < -0.4 is 0 Å². The fourth-order valence-corrected chi connectivity index (χ4v) is 4.16. The second-order valence-corrected chi connectivity index (χ2v) is 8.63. The van der Waals surface area contributed by atoms with Crippen LogP contribution >= 0.6 is 12.2 Å². The quantitative estimate of drug-likeness (QED) is 0.839. The maximum Gasteiger partial charge on any atom is 0.213 e. The Kier molecular flexibility index (Phi) is 5.21. The van der Waals surface area contributed by atoms with Crippen LogP contribution in [0.4, 0.5) is 0 Å². The van der Waals surface area contributed by atoms with E-state index >= 15 is 0 Å². The van der Waals surface area contributed by atoms with E-state index in [-0.39, 0.29) is 11.7 Å². The molecule has 120 valence electrons. The molecule has 1 atom stereocenters. The highest BCUT2D eigenvalue weighted by molar-refractivity contribution is 7.89. The van der Waals surface area contributed by atoms with E-state index in [1.54, 1.807) is 11.2 Å². The highest BCUT2D eigenvalue weighted by Crippen LogP contribution is 2.27. The maximum absolute atomic E-state index is 12.1. The van der Waals surface area contributed by atoms with Crippen molar-refractivity contribution in [1.82, 2.24) is 19.1 Å². The molecule has 0 unspecified atom stereocenters. The summed E-state index contributed by atoms with van der Waals surface area (Å²) in [7, 11) is -3.13. The third kappa shape index (κ3) is 3.73. The normalized spacial score (nSPS) is 21.0. The molecule has 1 fully saturated rings. The third-order valence-corrected chi connectivity index (χ3v) is 6.00. The van der Waals surface area contributed by atoms with Crippen LogP contribution in [0.1, 0.15) is 45.4 Å². The van der Waals surface area contributed by atoms with E-state index in [1.807, 2.05) is 4.57 Å². The van der Waals surface area contributed by atoms with Gasteiger partial charge in [-0.05, 0) is 37.9 Å². The van der Waals surface area contributed by atoms with E-state index in [2.05, 4.69) is 24.0 Å². The molecule has 21 heavy (non-hydrogen) atoms. The van der Waals surface area contributed by atoms with Gasteiger partial charge in [-0.15, -0.1) is 0 Å². The lowest BCUT2D eigenvalue weighted by Crippen LogP contribution is -2.40. The van der Waals surface area contributed by atoms with Gasteiger partial charge in [-0.3, -0.25) is 5.10 Å². The molecule has 2 rings (SSSR count). The van der Waals surface area contributed by atoms with Gasteiger partial charge in [-0.2, -0.15) is 5.10 Å². The minimum absolute atomic E-state index is 0.117. The lowest BCUT2D eigenvalue weighted by Gasteiger charge is -2.31. The lowest BCUT2D eigenvalue weighted by molar-refractivity contribution is 0.302. The minimum Gasteiger partial charge on any atom is -0.304 e. The minimum atomic E-state index is -3.13. The van der Waals surface area contributed by atoms with Crippen LogP contribution in [0.2, 0.25) is 0 Å². The molecule has 1 aromatic rings. The summed E-state index contributed by atoms with van der Waals surface area (Å²) in [5.41, 5.74) is 0. The van der Waals surface area contributed by atoms with Gasteiger partial charge in [0.1, 0.15) is 5.82 Å². The number of nitrogens with zero attached hydrogens (tertiary/aromatic N) is 3. The molecule has 6 nitrogen and oxygen atoms in total. The predicted molar refractivity (Wildman–Crippen MR) is 85.3 cm³/mol. The molecule has 1 aliphatic rings. The standard InChI is InChI=1S/C13H24N4O2S2/c1-4-21(18,19)16-7-5-6-11(9-16)12-14-15-13(20)17(12)8-10(2)3/h10-11H,4-9H2,1-3H3,(H,15,20)/t11-/m0/s1. The smallest absolute Gasteiger partial charge is 0.213 e. The van der Waals surface area contributed by atoms with Crippen LogP contribution in [0, 0.1) is 10.7 Å². The van der Waals surface area contributed by atoms with Crippen LogP contribution in [-0.2, 0) is 16.6 Å². The van der Waals surface area contributed by atoms with Crippen molar-refractivity contribution in [2.75, 3.05) is 18.8 Å². The Hall–Kier alpha value is -0.730. The number of piperidine rings is 1. The van der Waals surface area contributed by atoms with Gasteiger partial charge in [0.05, 0.1) is 5.75 Å². The predicted octanol–water partition coefficient (Wildman–Crippen LogP) is 2.13. The van der Waals surface area contributed by atoms with Gasteiger partial charge in [-0.1, -0.05) is 13.8 Å². The van der Waals surface area contributed by atoms with Gasteiger partial charge in [0, 0.05) is 25.6 Å². The van der Waals surface area contributed by atoms with E-state index in [1.165, 1.54) is 0 Å². The fourth-order valence-electron chi connectivity index (χ4n) is 2.77. The van der Waals surface area contributed by atoms with E-state index < -0.39 is 10.0 Å². The molecule has 1 aromatic heterocycles. The fraction of sp³-hybridized carbons (Fsp3) is 0.846. The van der Waals surface area contributed by atoms with Gasteiger partial charge >= 0.3 is 0 Å². The Morgan fingerprint density at radius 1 is 1.48 bits per heavy atom. The summed E-state index contributed by atoms with van der Waals surface area (Å²) in [6.45, 7) is 7.88. The van der Waals surface area contributed by atoms with Crippen LogP contribution in [0.5, 0.6) is 0 Å². The Bertz CT molecular complexity index is 633. The van der Waals surface area contributed by atoms with E-state index in [9.17, 15) is 8.42 Å². The zero-order valence-electron chi connectivity index (χ0n) is 12.9. The summed E-state index contributed by atoms with van der Waals surface area (Å²) >= 11 is 5.30. The number of hydrogen-bond donors (Lipinski definition) is 1. The molecule has 0 amide bonds. The highest BCUT2D eigenvalue weighted by Gasteiger charge is 2.31. The molecule has 8 heteroatoms. The van der Waals surface area contributed by atoms with Gasteiger partial charge < -0.3 is 4.57 Å². The first kappa shape index (κ1) is 16.6. The zero-order valence-corrected chi connectivity index (χ0v) is 14.5. The molecule has 2 heterocycles. The molecule has 0 bridgehead atoms. The molecule has 1 saturated heterocycles. The largest absolute Gasteiger partial charge is 0.304 e. The second kappa shape index (κ2) is 6.58. The molecular weight excluding hydrogens is 308 g/mol. The SMILES string of the molecule is CCS(=O)(=O)N1CCC[C@H](c2n[nH]c(=S)n2CC(C)C)C1. The maximum atomic E-state index is 12.1. The summed E-state index contributed by atoms with van der Waals surface area (Å²) in [6, 6.07) is 0. The summed E-state index contributed by atoms with van der Waals surface area (Å²) < 4.78 is 28.4. The van der Waals surface area contributed by atoms with Crippen molar-refractivity contribution in [3.05, 3.63) is 10.6 Å². The number of aromatic nitrogens is 3. The van der Waals surface area contributed by atoms with Crippen LogP contribution in [0.15, 0.2) is 0 Å². The van der Waals surface area contributed by atoms with Gasteiger partial charge in [-0.25, -0.2) is 12.7 Å². The van der Waals surface area contributed by atoms with Crippen molar-refractivity contribution >= 4 is 22.2 Å². The third-order valence-electron chi connectivity index (χ3n) is 3.84. The van der Waals surface area contributed by atoms with E-state index in [0.29, 0.717) is 23.8 Å². The average Bonchev–Trinajstić information content (AvgIpc) is 2.80. The van der Waals surface area contributed by atoms with Crippen molar-refractivity contribution in [1.29, 1.82) is 0 Å². The van der Waals surface area contributed by atoms with Crippen molar-refractivity contribution in [2.24, 2.45) is 5.92 Å². The molecule has 0 aromatic carbocycles. The molecule has 1 N–H and O–H groups in total. The Balaban J connectivity index is 2.24. The van der Waals surface area contributed by atoms with E-state index in [4.69, 9.17) is 12.2 Å². The molecular formula is C13H24N4O2S2. The molecule has 0 saturated carbocycles. The number of hydrogen-bond acceptors (Lipinski definition) is 4. The van der Waals surface area contributed by atoms with Crippen molar-refractivity contribution < 1.29 is 8.42 Å². The van der Waals surface area contributed by atoms with Crippen LogP contribution in [0.25, 0.3) is 0 Å². The van der Waals surface area contributed by atoms with Gasteiger partial charge in [0.2, 0.25) is 10.0 Å². The molecule has 0 aliphatic carbocycles. The summed E-state index contributed by atoms with van der Waals surface area (Å²) in [5, 5.41) is 7.21. The molecule has 0 spiro atoms. The number of sulfonamides is 1. The van der Waals surface area contributed by atoms with Gasteiger partial charge in [0.25, 0.3) is 0 Å². The number of nitrogens with one attached hydrogen (secondary N) is 1. The Morgan fingerprint density at radius 2 is 2.19 bits per heavy atom. The van der Waals surface area contributed by atoms with Crippen molar-refractivity contribution in [3.63, 3.8) is 0 Å². The summed E-state index contributed by atoms with van der Waals surface area (Å²) in [5.74, 6) is 1.63. The Morgan fingerprint density at radius 3 is 2.81 bits per heavy atom. The highest BCUT2D eigenvalue weighted by atomic mass is 32.2. The first-order valence-corrected chi connectivity index (χ1v) is 9.49.